The number of cyclic esters (lactones) is 2. The lowest BCUT2D eigenvalue weighted by Gasteiger charge is -2.21. The molecule has 0 aromatic rings. The Morgan fingerprint density at radius 2 is 1.91 bits per heavy atom. The summed E-state index contributed by atoms with van der Waals surface area (Å²) < 4.78 is 4.35. The minimum absolute atomic E-state index is 0.0482. The molecule has 0 aliphatic carbocycles. The number of rotatable bonds is 1. The highest BCUT2D eigenvalue weighted by Crippen LogP contribution is 2.23. The number of carbonyl (C=O) groups is 2. The van der Waals surface area contributed by atoms with Crippen LogP contribution in [0, 0.1) is 5.92 Å². The summed E-state index contributed by atoms with van der Waals surface area (Å²) in [5, 5.41) is 0.0757. The van der Waals surface area contributed by atoms with Crippen LogP contribution < -0.4 is 0 Å². The van der Waals surface area contributed by atoms with Gasteiger partial charge in [0.15, 0.2) is 0 Å². The molecule has 3 nitrogen and oxygen atoms in total. The summed E-state index contributed by atoms with van der Waals surface area (Å²) in [4.78, 5) is 21.4. The summed E-state index contributed by atoms with van der Waals surface area (Å²) in [6.45, 7) is 1.87. The lowest BCUT2D eigenvalue weighted by molar-refractivity contribution is -0.165. The zero-order valence-corrected chi connectivity index (χ0v) is 7.14. The van der Waals surface area contributed by atoms with E-state index in [1.807, 2.05) is 6.92 Å². The van der Waals surface area contributed by atoms with Crippen molar-refractivity contribution in [3.63, 3.8) is 0 Å². The van der Waals surface area contributed by atoms with E-state index in [1.54, 1.807) is 0 Å². The maximum absolute atomic E-state index is 10.7. The summed E-state index contributed by atoms with van der Waals surface area (Å²) in [7, 11) is 0. The highest BCUT2D eigenvalue weighted by Gasteiger charge is 2.29. The Bertz CT molecular complexity index is 172. The van der Waals surface area contributed by atoms with Crippen molar-refractivity contribution in [1.82, 2.24) is 0 Å². The molecule has 0 N–H and O–H groups in total. The van der Waals surface area contributed by atoms with Gasteiger partial charge in [-0.05, 0) is 5.92 Å². The Labute approximate surface area is 70.5 Å². The van der Waals surface area contributed by atoms with E-state index in [1.165, 1.54) is 0 Å². The van der Waals surface area contributed by atoms with Gasteiger partial charge in [-0.15, -0.1) is 0 Å². The molecule has 0 radical (unpaired) electrons. The highest BCUT2D eigenvalue weighted by molar-refractivity contribution is 7.80. The molecule has 0 aromatic heterocycles. The molecule has 62 valence electrons. The molecule has 0 spiro atoms. The van der Waals surface area contributed by atoms with Crippen LogP contribution in [0.4, 0.5) is 0 Å². The van der Waals surface area contributed by atoms with E-state index in [9.17, 15) is 9.59 Å². The van der Waals surface area contributed by atoms with Gasteiger partial charge >= 0.3 is 11.9 Å². The van der Waals surface area contributed by atoms with Gasteiger partial charge in [0.05, 0.1) is 12.8 Å². The van der Waals surface area contributed by atoms with Crippen molar-refractivity contribution < 1.29 is 14.3 Å². The Morgan fingerprint density at radius 1 is 1.45 bits per heavy atom. The second-order valence-corrected chi connectivity index (χ2v) is 3.57. The number of hydrogen-bond acceptors (Lipinski definition) is 4. The molecule has 1 aliphatic rings. The molecule has 0 amide bonds. The number of carbonyl (C=O) groups excluding carboxylic acids is 2. The first kappa shape index (κ1) is 8.59. The third-order valence-electron chi connectivity index (χ3n) is 1.77. The monoisotopic (exact) mass is 174 g/mol. The van der Waals surface area contributed by atoms with E-state index in [4.69, 9.17) is 0 Å². The van der Waals surface area contributed by atoms with Gasteiger partial charge in [0.25, 0.3) is 0 Å². The quantitative estimate of drug-likeness (QED) is 0.363. The first-order valence-electron chi connectivity index (χ1n) is 3.51. The molecule has 4 heteroatoms. The van der Waals surface area contributed by atoms with Crippen LogP contribution in [0.25, 0.3) is 0 Å². The van der Waals surface area contributed by atoms with Crippen LogP contribution >= 0.6 is 12.6 Å². The fourth-order valence-corrected chi connectivity index (χ4v) is 1.26. The smallest absolute Gasteiger partial charge is 0.313 e. The highest BCUT2D eigenvalue weighted by atomic mass is 32.1. The molecule has 1 atom stereocenters. The van der Waals surface area contributed by atoms with Crippen molar-refractivity contribution in [2.24, 2.45) is 5.92 Å². The van der Waals surface area contributed by atoms with Gasteiger partial charge in [-0.25, -0.2) is 0 Å². The summed E-state index contributed by atoms with van der Waals surface area (Å²) >= 11 is 4.16. The molecule has 11 heavy (non-hydrogen) atoms. The fourth-order valence-electron chi connectivity index (χ4n) is 1.05. The summed E-state index contributed by atoms with van der Waals surface area (Å²) in [6.07, 6.45) is 0.632. The first-order valence-corrected chi connectivity index (χ1v) is 4.03. The van der Waals surface area contributed by atoms with Crippen LogP contribution in [0.1, 0.15) is 19.8 Å². The van der Waals surface area contributed by atoms with E-state index in [-0.39, 0.29) is 11.2 Å². The van der Waals surface area contributed by atoms with Crippen molar-refractivity contribution >= 4 is 24.6 Å². The fraction of sp³-hybridized carbons (Fsp3) is 0.714. The molecule has 1 unspecified atom stereocenters. The van der Waals surface area contributed by atoms with Crippen molar-refractivity contribution in [2.45, 2.75) is 25.0 Å². The third kappa shape index (κ3) is 2.22. The van der Waals surface area contributed by atoms with Crippen molar-refractivity contribution in [3.8, 4) is 0 Å². The summed E-state index contributed by atoms with van der Waals surface area (Å²) in [5.41, 5.74) is 0. The van der Waals surface area contributed by atoms with Gasteiger partial charge in [-0.1, -0.05) is 6.92 Å². The Balaban J connectivity index is 2.56. The molecular formula is C7H10O3S. The third-order valence-corrected chi connectivity index (χ3v) is 2.19. The maximum Gasteiger partial charge on any atom is 0.313 e. The maximum atomic E-state index is 10.7. The summed E-state index contributed by atoms with van der Waals surface area (Å²) in [6, 6.07) is 0. The number of ether oxygens (including phenoxy) is 1. The second kappa shape index (κ2) is 3.26. The number of thiol groups is 1. The van der Waals surface area contributed by atoms with Gasteiger partial charge in [0, 0.05) is 5.25 Å². The standard InChI is InChI=1S/C7H10O3S/c1-4(11)5-2-6(8)10-7(9)3-5/h4-5,11H,2-3H2,1H3. The van der Waals surface area contributed by atoms with Gasteiger partial charge in [-0.3, -0.25) is 9.59 Å². The summed E-state index contributed by atoms with van der Waals surface area (Å²) in [5.74, 6) is -0.800. The van der Waals surface area contributed by atoms with Crippen LogP contribution in [0.3, 0.4) is 0 Å². The molecular weight excluding hydrogens is 164 g/mol. The second-order valence-electron chi connectivity index (χ2n) is 2.76. The average molecular weight is 174 g/mol. The van der Waals surface area contributed by atoms with Crippen molar-refractivity contribution in [1.29, 1.82) is 0 Å². The lowest BCUT2D eigenvalue weighted by Crippen LogP contribution is -2.29. The SMILES string of the molecule is CC(S)C1CC(=O)OC(=O)C1. The molecule has 0 aromatic carbocycles. The first-order chi connectivity index (χ1) is 5.09. The number of hydrogen-bond donors (Lipinski definition) is 1. The molecule has 1 saturated heterocycles. The minimum atomic E-state index is -0.424. The predicted molar refractivity (Wildman–Crippen MR) is 42.3 cm³/mol. The predicted octanol–water partition coefficient (Wildman–Crippen LogP) is 0.784. The van der Waals surface area contributed by atoms with Crippen LogP contribution in [0.5, 0.6) is 0 Å². The molecule has 1 fully saturated rings. The molecule has 0 saturated carbocycles. The van der Waals surface area contributed by atoms with E-state index in [0.29, 0.717) is 12.8 Å². The topological polar surface area (TPSA) is 43.4 Å². The van der Waals surface area contributed by atoms with Crippen LogP contribution in [-0.4, -0.2) is 17.2 Å². The van der Waals surface area contributed by atoms with Gasteiger partial charge in [0.1, 0.15) is 0 Å². The van der Waals surface area contributed by atoms with E-state index >= 15 is 0 Å². The minimum Gasteiger partial charge on any atom is -0.393 e. The molecule has 1 aliphatic heterocycles. The normalized spacial score (nSPS) is 23.1. The van der Waals surface area contributed by atoms with Gasteiger partial charge in [0.2, 0.25) is 0 Å². The zero-order valence-electron chi connectivity index (χ0n) is 6.24. The molecule has 0 bridgehead atoms. The Kier molecular flexibility index (Phi) is 2.54. The van der Waals surface area contributed by atoms with Crippen molar-refractivity contribution in [2.75, 3.05) is 0 Å². The number of esters is 2. The van der Waals surface area contributed by atoms with E-state index in [0.717, 1.165) is 0 Å². The van der Waals surface area contributed by atoms with Gasteiger partial charge in [-0.2, -0.15) is 12.6 Å². The lowest BCUT2D eigenvalue weighted by atomic mass is 9.96. The largest absolute Gasteiger partial charge is 0.393 e. The Hall–Kier alpha value is -0.510. The average Bonchev–Trinajstić information content (AvgIpc) is 1.85. The van der Waals surface area contributed by atoms with Crippen LogP contribution in [-0.2, 0) is 14.3 Å². The van der Waals surface area contributed by atoms with E-state index < -0.39 is 11.9 Å². The zero-order chi connectivity index (χ0) is 8.43. The van der Waals surface area contributed by atoms with Crippen molar-refractivity contribution in [3.05, 3.63) is 0 Å². The molecule has 1 rings (SSSR count). The van der Waals surface area contributed by atoms with Crippen LogP contribution in [0.15, 0.2) is 0 Å². The molecule has 1 heterocycles. The Morgan fingerprint density at radius 3 is 2.27 bits per heavy atom. The van der Waals surface area contributed by atoms with Crippen LogP contribution in [0.2, 0.25) is 0 Å². The van der Waals surface area contributed by atoms with Gasteiger partial charge < -0.3 is 4.74 Å². The van der Waals surface area contributed by atoms with E-state index in [2.05, 4.69) is 17.4 Å².